The van der Waals surface area contributed by atoms with E-state index in [2.05, 4.69) is 25.5 Å². The van der Waals surface area contributed by atoms with Crippen LogP contribution in [0.5, 0.6) is 0 Å². The van der Waals surface area contributed by atoms with Crippen molar-refractivity contribution in [2.24, 2.45) is 5.73 Å². The molecule has 1 aliphatic carbocycles. The van der Waals surface area contributed by atoms with Gasteiger partial charge in [-0.25, -0.2) is 4.98 Å². The maximum absolute atomic E-state index is 5.83. The van der Waals surface area contributed by atoms with E-state index in [-0.39, 0.29) is 0 Å². The van der Waals surface area contributed by atoms with Crippen LogP contribution in [-0.2, 0) is 6.54 Å². The third-order valence-electron chi connectivity index (χ3n) is 3.54. The highest BCUT2D eigenvalue weighted by molar-refractivity contribution is 9.10. The lowest BCUT2D eigenvalue weighted by Gasteiger charge is -2.24. The SMILES string of the molecule is NCC1CCCn2c(C3CC3)nc(Br)c21. The number of imidazole rings is 1. The highest BCUT2D eigenvalue weighted by atomic mass is 79.9. The third kappa shape index (κ3) is 1.54. The van der Waals surface area contributed by atoms with Crippen LogP contribution in [0.25, 0.3) is 0 Å². The summed E-state index contributed by atoms with van der Waals surface area (Å²) in [6, 6.07) is 0. The van der Waals surface area contributed by atoms with Crippen molar-refractivity contribution in [1.29, 1.82) is 0 Å². The molecule has 1 aromatic heterocycles. The van der Waals surface area contributed by atoms with E-state index < -0.39 is 0 Å². The molecule has 0 saturated heterocycles. The molecule has 0 bridgehead atoms. The number of rotatable bonds is 2. The molecule has 1 atom stereocenters. The average Bonchev–Trinajstić information content (AvgIpc) is 3.04. The van der Waals surface area contributed by atoms with Crippen molar-refractivity contribution in [3.8, 4) is 0 Å². The molecule has 2 N–H and O–H groups in total. The van der Waals surface area contributed by atoms with E-state index in [4.69, 9.17) is 5.73 Å². The summed E-state index contributed by atoms with van der Waals surface area (Å²) in [5.74, 6) is 2.54. The zero-order valence-corrected chi connectivity index (χ0v) is 10.3. The molecule has 1 aliphatic heterocycles. The van der Waals surface area contributed by atoms with Crippen molar-refractivity contribution in [2.75, 3.05) is 6.54 Å². The smallest absolute Gasteiger partial charge is 0.127 e. The molecule has 1 aromatic rings. The Balaban J connectivity index is 2.06. The number of nitrogens with zero attached hydrogens (tertiary/aromatic N) is 2. The molecule has 0 aromatic carbocycles. The van der Waals surface area contributed by atoms with E-state index in [1.54, 1.807) is 0 Å². The van der Waals surface area contributed by atoms with Crippen molar-refractivity contribution >= 4 is 15.9 Å². The van der Waals surface area contributed by atoms with Gasteiger partial charge in [0.1, 0.15) is 10.4 Å². The number of aromatic nitrogens is 2. The highest BCUT2D eigenvalue weighted by Crippen LogP contribution is 2.43. The molecular weight excluding hydrogens is 254 g/mol. The minimum atomic E-state index is 0.508. The zero-order chi connectivity index (χ0) is 10.4. The summed E-state index contributed by atoms with van der Waals surface area (Å²) in [7, 11) is 0. The first-order valence-corrected chi connectivity index (χ1v) is 6.56. The zero-order valence-electron chi connectivity index (χ0n) is 8.75. The predicted octanol–water partition coefficient (Wildman–Crippen LogP) is 2.36. The topological polar surface area (TPSA) is 43.8 Å². The molecule has 1 saturated carbocycles. The molecule has 4 heteroatoms. The Bertz CT molecular complexity index is 381. The van der Waals surface area contributed by atoms with E-state index in [0.717, 1.165) is 23.6 Å². The van der Waals surface area contributed by atoms with Gasteiger partial charge in [-0.05, 0) is 41.6 Å². The van der Waals surface area contributed by atoms with Crippen LogP contribution in [0.3, 0.4) is 0 Å². The molecule has 0 radical (unpaired) electrons. The van der Waals surface area contributed by atoms with Gasteiger partial charge >= 0.3 is 0 Å². The van der Waals surface area contributed by atoms with E-state index in [0.29, 0.717) is 5.92 Å². The molecule has 82 valence electrons. The highest BCUT2D eigenvalue weighted by Gasteiger charge is 2.33. The first kappa shape index (κ1) is 9.85. The molecule has 1 fully saturated rings. The van der Waals surface area contributed by atoms with E-state index in [9.17, 15) is 0 Å². The summed E-state index contributed by atoms with van der Waals surface area (Å²) < 4.78 is 3.46. The van der Waals surface area contributed by atoms with Crippen LogP contribution in [0.4, 0.5) is 0 Å². The Morgan fingerprint density at radius 1 is 1.40 bits per heavy atom. The third-order valence-corrected chi connectivity index (χ3v) is 4.12. The largest absolute Gasteiger partial charge is 0.330 e. The van der Waals surface area contributed by atoms with Crippen LogP contribution in [-0.4, -0.2) is 16.1 Å². The maximum Gasteiger partial charge on any atom is 0.127 e. The molecule has 1 unspecified atom stereocenters. The number of hydrogen-bond acceptors (Lipinski definition) is 2. The van der Waals surface area contributed by atoms with E-state index >= 15 is 0 Å². The minimum Gasteiger partial charge on any atom is -0.330 e. The minimum absolute atomic E-state index is 0.508. The average molecular weight is 270 g/mol. The van der Waals surface area contributed by atoms with Crippen molar-refractivity contribution in [1.82, 2.24) is 9.55 Å². The van der Waals surface area contributed by atoms with Crippen LogP contribution in [0.2, 0.25) is 0 Å². The van der Waals surface area contributed by atoms with Gasteiger partial charge in [0.05, 0.1) is 5.69 Å². The number of nitrogens with two attached hydrogens (primary N) is 1. The van der Waals surface area contributed by atoms with E-state index in [1.807, 2.05) is 0 Å². The second-order valence-electron chi connectivity index (χ2n) is 4.65. The summed E-state index contributed by atoms with van der Waals surface area (Å²) in [6.45, 7) is 1.88. The Morgan fingerprint density at radius 2 is 2.20 bits per heavy atom. The van der Waals surface area contributed by atoms with Crippen molar-refractivity contribution in [3.05, 3.63) is 16.1 Å². The normalized spacial score (nSPS) is 25.3. The summed E-state index contributed by atoms with van der Waals surface area (Å²) in [5.41, 5.74) is 7.18. The van der Waals surface area contributed by atoms with Gasteiger partial charge in [-0.15, -0.1) is 0 Å². The Morgan fingerprint density at radius 3 is 2.87 bits per heavy atom. The van der Waals surface area contributed by atoms with Crippen molar-refractivity contribution in [3.63, 3.8) is 0 Å². The quantitative estimate of drug-likeness (QED) is 0.896. The van der Waals surface area contributed by atoms with Gasteiger partial charge in [-0.2, -0.15) is 0 Å². The second kappa shape index (κ2) is 3.59. The Labute approximate surface area is 98.2 Å². The number of halogens is 1. The first-order valence-electron chi connectivity index (χ1n) is 5.77. The lowest BCUT2D eigenvalue weighted by Crippen LogP contribution is -2.22. The van der Waals surface area contributed by atoms with Crippen LogP contribution >= 0.6 is 15.9 Å². The Kier molecular flexibility index (Phi) is 2.36. The Hall–Kier alpha value is -0.350. The monoisotopic (exact) mass is 269 g/mol. The molecular formula is C11H16BrN3. The fraction of sp³-hybridized carbons (Fsp3) is 0.727. The van der Waals surface area contributed by atoms with Crippen molar-refractivity contribution in [2.45, 2.75) is 44.1 Å². The molecule has 0 amide bonds. The van der Waals surface area contributed by atoms with Gasteiger partial charge in [0, 0.05) is 24.9 Å². The second-order valence-corrected chi connectivity index (χ2v) is 5.40. The molecule has 0 spiro atoms. The van der Waals surface area contributed by atoms with Gasteiger partial charge in [0.25, 0.3) is 0 Å². The number of fused-ring (bicyclic) bond motifs is 1. The molecule has 3 rings (SSSR count). The van der Waals surface area contributed by atoms with Crippen LogP contribution in [0, 0.1) is 0 Å². The van der Waals surface area contributed by atoms with Crippen LogP contribution < -0.4 is 5.73 Å². The maximum atomic E-state index is 5.83. The van der Waals surface area contributed by atoms with E-state index in [1.165, 1.54) is 37.2 Å². The lowest BCUT2D eigenvalue weighted by molar-refractivity contribution is 0.447. The molecule has 3 nitrogen and oxygen atoms in total. The molecule has 15 heavy (non-hydrogen) atoms. The molecule has 2 aliphatic rings. The van der Waals surface area contributed by atoms with Gasteiger partial charge < -0.3 is 10.3 Å². The lowest BCUT2D eigenvalue weighted by atomic mass is 9.96. The summed E-state index contributed by atoms with van der Waals surface area (Å²) in [5, 5.41) is 0. The fourth-order valence-electron chi connectivity index (χ4n) is 2.59. The van der Waals surface area contributed by atoms with Crippen LogP contribution in [0.15, 0.2) is 4.60 Å². The van der Waals surface area contributed by atoms with Gasteiger partial charge in [-0.3, -0.25) is 0 Å². The standard InChI is InChI=1S/C11H16BrN3/c12-10-9-8(6-13)2-1-5-15(9)11(14-10)7-3-4-7/h7-8H,1-6,13H2. The van der Waals surface area contributed by atoms with Gasteiger partial charge in [-0.1, -0.05) is 0 Å². The predicted molar refractivity (Wildman–Crippen MR) is 62.9 cm³/mol. The number of hydrogen-bond donors (Lipinski definition) is 1. The first-order chi connectivity index (χ1) is 7.31. The van der Waals surface area contributed by atoms with Crippen LogP contribution in [0.1, 0.15) is 49.0 Å². The van der Waals surface area contributed by atoms with Gasteiger partial charge in [0.2, 0.25) is 0 Å². The van der Waals surface area contributed by atoms with Gasteiger partial charge in [0.15, 0.2) is 0 Å². The summed E-state index contributed by atoms with van der Waals surface area (Å²) in [6.07, 6.45) is 5.09. The fourth-order valence-corrected chi connectivity index (χ4v) is 3.31. The van der Waals surface area contributed by atoms with Crippen molar-refractivity contribution < 1.29 is 0 Å². The summed E-state index contributed by atoms with van der Waals surface area (Å²) in [4.78, 5) is 4.68. The molecule has 2 heterocycles. The summed E-state index contributed by atoms with van der Waals surface area (Å²) >= 11 is 3.59.